The van der Waals surface area contributed by atoms with Crippen molar-refractivity contribution >= 4 is 12.2 Å². The minimum atomic E-state index is 0.675. The summed E-state index contributed by atoms with van der Waals surface area (Å²) in [6.45, 7) is 0. The molecule has 0 bridgehead atoms. The fraction of sp³-hybridized carbons (Fsp3) is 0. The quantitative estimate of drug-likeness (QED) is 0.700. The summed E-state index contributed by atoms with van der Waals surface area (Å²) in [5.41, 5.74) is 5.96. The maximum atomic E-state index is 8.67. The number of nitrogens with zero attached hydrogens (tertiary/aromatic N) is 1. The first-order valence-corrected chi connectivity index (χ1v) is 5.36. The number of rotatable bonds is 2. The Hall–Kier alpha value is -2.55. The minimum absolute atomic E-state index is 0.675. The van der Waals surface area contributed by atoms with Crippen LogP contribution >= 0.6 is 0 Å². The van der Waals surface area contributed by atoms with E-state index >= 15 is 0 Å². The van der Waals surface area contributed by atoms with Gasteiger partial charge >= 0.3 is 0 Å². The molecule has 2 aromatic carbocycles. The van der Waals surface area contributed by atoms with E-state index in [-0.39, 0.29) is 0 Å². The first-order valence-electron chi connectivity index (χ1n) is 5.36. The zero-order valence-electron chi connectivity index (χ0n) is 9.30. The van der Waals surface area contributed by atoms with E-state index in [0.717, 1.165) is 11.1 Å². The maximum absolute atomic E-state index is 8.67. The Morgan fingerprint density at radius 3 is 1.94 bits per heavy atom. The van der Waals surface area contributed by atoms with Gasteiger partial charge in [0.05, 0.1) is 11.6 Å². The Kier molecular flexibility index (Phi) is 3.55. The highest BCUT2D eigenvalue weighted by Gasteiger charge is 1.88. The highest BCUT2D eigenvalue weighted by Crippen LogP contribution is 2.05. The highest BCUT2D eigenvalue weighted by molar-refractivity contribution is 5.57. The fourth-order valence-electron chi connectivity index (χ4n) is 1.44. The lowest BCUT2D eigenvalue weighted by atomic mass is 10.1. The van der Waals surface area contributed by atoms with Crippen LogP contribution in [0.5, 0.6) is 0 Å². The van der Waals surface area contributed by atoms with Crippen molar-refractivity contribution in [2.45, 2.75) is 0 Å². The average molecular weight is 217 g/mol. The van der Waals surface area contributed by atoms with E-state index in [1.54, 1.807) is 12.1 Å². The third kappa shape index (κ3) is 3.21. The van der Waals surface area contributed by atoms with Crippen LogP contribution in [-0.4, -0.2) is 0 Å². The van der Waals surface area contributed by atoms with Crippen molar-refractivity contribution in [3.05, 3.63) is 77.0 Å². The summed E-state index contributed by atoms with van der Waals surface area (Å²) in [6, 6.07) is 19.5. The Morgan fingerprint density at radius 2 is 1.35 bits per heavy atom. The second kappa shape index (κ2) is 5.51. The second-order valence-electron chi connectivity index (χ2n) is 3.60. The molecule has 1 heteroatoms. The smallest absolute Gasteiger partial charge is 0.0991 e. The molecule has 17 heavy (non-hydrogen) atoms. The number of benzene rings is 2. The number of hydrogen-bond acceptors (Lipinski definition) is 1. The van der Waals surface area contributed by atoms with Crippen molar-refractivity contribution in [1.82, 2.24) is 0 Å². The summed E-state index contributed by atoms with van der Waals surface area (Å²) in [6.07, 6.45) is 3.83. The molecule has 0 saturated heterocycles. The van der Waals surface area contributed by atoms with E-state index in [9.17, 15) is 0 Å². The van der Waals surface area contributed by atoms with Crippen LogP contribution < -0.4 is 0 Å². The van der Waals surface area contributed by atoms with Gasteiger partial charge in [-0.05, 0) is 35.4 Å². The Bertz CT molecular complexity index is 580. The average Bonchev–Trinajstić information content (AvgIpc) is 2.41. The van der Waals surface area contributed by atoms with E-state index < -0.39 is 0 Å². The maximum Gasteiger partial charge on any atom is 0.0991 e. The van der Waals surface area contributed by atoms with Gasteiger partial charge in [-0.1, -0.05) is 42.5 Å². The number of hydrogen-bond donors (Lipinski definition) is 0. The molecule has 0 aliphatic heterocycles. The SMILES string of the molecule is N#Cc1ccc(C=C=Cc2ccccc2)cc1. The van der Waals surface area contributed by atoms with Crippen molar-refractivity contribution < 1.29 is 0 Å². The van der Waals surface area contributed by atoms with Gasteiger partial charge in [-0.25, -0.2) is 0 Å². The fourth-order valence-corrected chi connectivity index (χ4v) is 1.44. The molecule has 0 N–H and O–H groups in total. The van der Waals surface area contributed by atoms with Crippen molar-refractivity contribution in [3.8, 4) is 6.07 Å². The molecule has 0 aliphatic carbocycles. The molecule has 0 aromatic heterocycles. The molecule has 0 unspecified atom stereocenters. The third-order valence-corrected chi connectivity index (χ3v) is 2.34. The zero-order chi connectivity index (χ0) is 11.9. The molecule has 0 aliphatic rings. The monoisotopic (exact) mass is 217 g/mol. The molecule has 2 rings (SSSR count). The Labute approximate surface area is 101 Å². The molecule has 0 saturated carbocycles. The highest BCUT2D eigenvalue weighted by atomic mass is 14.2. The van der Waals surface area contributed by atoms with Crippen molar-refractivity contribution in [2.75, 3.05) is 0 Å². The van der Waals surface area contributed by atoms with Gasteiger partial charge in [0.25, 0.3) is 0 Å². The summed E-state index contributed by atoms with van der Waals surface area (Å²) in [5.74, 6) is 0. The van der Waals surface area contributed by atoms with Crippen LogP contribution in [0, 0.1) is 11.3 Å². The molecular formula is C16H11N. The largest absolute Gasteiger partial charge is 0.192 e. The van der Waals surface area contributed by atoms with Crippen molar-refractivity contribution in [1.29, 1.82) is 5.26 Å². The van der Waals surface area contributed by atoms with Crippen LogP contribution in [0.1, 0.15) is 16.7 Å². The van der Waals surface area contributed by atoms with Gasteiger partial charge < -0.3 is 0 Å². The van der Waals surface area contributed by atoms with E-state index in [1.807, 2.05) is 54.6 Å². The van der Waals surface area contributed by atoms with E-state index in [0.29, 0.717) is 5.56 Å². The lowest BCUT2D eigenvalue weighted by Gasteiger charge is -1.91. The van der Waals surface area contributed by atoms with Crippen LogP contribution in [0.3, 0.4) is 0 Å². The van der Waals surface area contributed by atoms with Gasteiger partial charge in [0, 0.05) is 0 Å². The number of nitriles is 1. The Morgan fingerprint density at radius 1 is 0.765 bits per heavy atom. The lowest BCUT2D eigenvalue weighted by molar-refractivity contribution is 1.48. The predicted molar refractivity (Wildman–Crippen MR) is 70.0 cm³/mol. The summed E-state index contributed by atoms with van der Waals surface area (Å²) >= 11 is 0. The summed E-state index contributed by atoms with van der Waals surface area (Å²) in [5, 5.41) is 8.67. The van der Waals surface area contributed by atoms with Gasteiger partial charge in [-0.3, -0.25) is 0 Å². The van der Waals surface area contributed by atoms with Gasteiger partial charge in [0.15, 0.2) is 0 Å². The normalized spacial score (nSPS) is 8.88. The minimum Gasteiger partial charge on any atom is -0.192 e. The van der Waals surface area contributed by atoms with Crippen LogP contribution in [0.2, 0.25) is 0 Å². The third-order valence-electron chi connectivity index (χ3n) is 2.34. The molecule has 80 valence electrons. The molecule has 0 radical (unpaired) electrons. The van der Waals surface area contributed by atoms with Crippen LogP contribution in [0.4, 0.5) is 0 Å². The van der Waals surface area contributed by atoms with Gasteiger partial charge in [-0.15, -0.1) is 5.73 Å². The Balaban J connectivity index is 2.15. The van der Waals surface area contributed by atoms with Crippen LogP contribution in [0.15, 0.2) is 60.3 Å². The van der Waals surface area contributed by atoms with Gasteiger partial charge in [-0.2, -0.15) is 5.26 Å². The molecule has 2 aromatic rings. The van der Waals surface area contributed by atoms with Gasteiger partial charge in [0.2, 0.25) is 0 Å². The lowest BCUT2D eigenvalue weighted by Crippen LogP contribution is -1.73. The molecule has 0 spiro atoms. The molecule has 0 heterocycles. The van der Waals surface area contributed by atoms with E-state index in [4.69, 9.17) is 5.26 Å². The summed E-state index contributed by atoms with van der Waals surface area (Å²) < 4.78 is 0. The molecule has 0 atom stereocenters. The van der Waals surface area contributed by atoms with Crippen molar-refractivity contribution in [2.24, 2.45) is 0 Å². The first kappa shape index (κ1) is 11.0. The van der Waals surface area contributed by atoms with E-state index in [1.165, 1.54) is 0 Å². The zero-order valence-corrected chi connectivity index (χ0v) is 9.30. The molecule has 0 amide bonds. The molecule has 0 fully saturated rings. The van der Waals surface area contributed by atoms with Crippen LogP contribution in [-0.2, 0) is 0 Å². The first-order chi connectivity index (χ1) is 8.38. The van der Waals surface area contributed by atoms with Crippen molar-refractivity contribution in [3.63, 3.8) is 0 Å². The standard InChI is InChI=1S/C16H11N/c17-13-16-11-9-15(10-12-16)8-4-7-14-5-2-1-3-6-14/h1-3,5-12H. The molecular weight excluding hydrogens is 206 g/mol. The van der Waals surface area contributed by atoms with Crippen LogP contribution in [0.25, 0.3) is 12.2 Å². The van der Waals surface area contributed by atoms with Gasteiger partial charge in [0.1, 0.15) is 0 Å². The topological polar surface area (TPSA) is 23.8 Å². The summed E-state index contributed by atoms with van der Waals surface area (Å²) in [4.78, 5) is 0. The second-order valence-corrected chi connectivity index (χ2v) is 3.60. The molecule has 1 nitrogen and oxygen atoms in total. The predicted octanol–water partition coefficient (Wildman–Crippen LogP) is 3.88. The summed E-state index contributed by atoms with van der Waals surface area (Å²) in [7, 11) is 0. The van der Waals surface area contributed by atoms with E-state index in [2.05, 4.69) is 11.8 Å².